The van der Waals surface area contributed by atoms with Crippen LogP contribution in [0.15, 0.2) is 12.2 Å². The third-order valence-corrected chi connectivity index (χ3v) is 7.27. The Balaban J connectivity index is 3.37. The topological polar surface area (TPSA) is 17.1 Å². The van der Waals surface area contributed by atoms with Crippen molar-refractivity contribution in [3.63, 3.8) is 0 Å². The number of carbonyl (C=O) groups is 1. The van der Waals surface area contributed by atoms with Gasteiger partial charge >= 0.3 is 61.2 Å². The van der Waals surface area contributed by atoms with E-state index in [1.807, 2.05) is 6.92 Å². The molecule has 0 amide bonds. The number of allylic oxidation sites excluding steroid dienone is 2. The average Bonchev–Trinajstić information content (AvgIpc) is 1.68. The van der Waals surface area contributed by atoms with Gasteiger partial charge in [0.25, 0.3) is 0 Å². The van der Waals surface area contributed by atoms with E-state index in [0.717, 1.165) is 0 Å². The maximum atomic E-state index is 10.4. The quantitative estimate of drug-likeness (QED) is 0.545. The molecule has 0 rings (SSSR count). The molecule has 0 aliphatic heterocycles. The zero-order valence-corrected chi connectivity index (χ0v) is 11.2. The second-order valence-corrected chi connectivity index (χ2v) is 9.77. The van der Waals surface area contributed by atoms with Crippen LogP contribution in [0.1, 0.15) is 6.92 Å². The van der Waals surface area contributed by atoms with Crippen LogP contribution in [0.4, 0.5) is 0 Å². The van der Waals surface area contributed by atoms with Gasteiger partial charge in [0.2, 0.25) is 0 Å². The first-order valence-corrected chi connectivity index (χ1v) is 16.7. The zero-order chi connectivity index (χ0) is 5.70. The molecule has 0 spiro atoms. The Bertz CT molecular complexity index is 89.7. The molecule has 0 aromatic carbocycles. The summed E-state index contributed by atoms with van der Waals surface area (Å²) >= 11 is 2.04. The first kappa shape index (κ1) is 7.83. The van der Waals surface area contributed by atoms with E-state index in [0.29, 0.717) is 3.29 Å². The van der Waals surface area contributed by atoms with Crippen molar-refractivity contribution in [1.29, 1.82) is 0 Å². The van der Waals surface area contributed by atoms with Crippen molar-refractivity contribution in [2.75, 3.05) is 0 Å². The molecule has 0 saturated carbocycles. The Labute approximate surface area is 60.9 Å². The number of halogens is 1. The van der Waals surface area contributed by atoms with Gasteiger partial charge in [-0.1, -0.05) is 0 Å². The number of hydrogen-bond donors (Lipinski definition) is 0. The van der Waals surface area contributed by atoms with Crippen molar-refractivity contribution < 1.29 is 26.9 Å². The van der Waals surface area contributed by atoms with Crippen LogP contribution in [-0.2, 0) is 26.9 Å². The van der Waals surface area contributed by atoms with E-state index in [4.69, 9.17) is 0 Å². The Morgan fingerprint density at radius 3 is 2.57 bits per heavy atom. The van der Waals surface area contributed by atoms with E-state index < -0.39 is 22.1 Å². The molecule has 0 fully saturated rings. The Kier molecular flexibility index (Phi) is 5.56. The van der Waals surface area contributed by atoms with Crippen molar-refractivity contribution in [2.45, 2.75) is 6.92 Å². The molecule has 0 aliphatic rings. The van der Waals surface area contributed by atoms with Gasteiger partial charge in [-0.3, -0.25) is 0 Å². The van der Waals surface area contributed by atoms with Crippen LogP contribution in [-0.4, -0.2) is 3.29 Å². The van der Waals surface area contributed by atoms with Crippen molar-refractivity contribution >= 4 is 15.2 Å². The third kappa shape index (κ3) is 4.68. The van der Waals surface area contributed by atoms with Crippen LogP contribution in [0.5, 0.6) is 0 Å². The van der Waals surface area contributed by atoms with Crippen LogP contribution >= 0.6 is 11.9 Å². The standard InChI is InChI=1S/C4H5O.BrH.Hg/c1-2-3-4-5;;/h2-3H,1H3;1H;/q;;+1/p-1/b3-2+;;. The second kappa shape index (κ2) is 4.97. The summed E-state index contributed by atoms with van der Waals surface area (Å²) in [5, 5.41) is 0. The number of hydrogen-bond acceptors (Lipinski definition) is 1. The van der Waals surface area contributed by atoms with Gasteiger partial charge in [0.1, 0.15) is 0 Å². The summed E-state index contributed by atoms with van der Waals surface area (Å²) in [5.41, 5.74) is 0. The Morgan fingerprint density at radius 1 is 1.86 bits per heavy atom. The van der Waals surface area contributed by atoms with Crippen LogP contribution in [0.25, 0.3) is 0 Å². The number of carbonyl (C=O) groups excluding carboxylic acids is 1. The molecule has 0 radical (unpaired) electrons. The molecule has 0 aromatic heterocycles. The minimum absolute atomic E-state index is 0.336. The Morgan fingerprint density at radius 2 is 2.43 bits per heavy atom. The fourth-order valence-corrected chi connectivity index (χ4v) is 3.13. The monoisotopic (exact) mass is 350 g/mol. The molecule has 0 bridgehead atoms. The van der Waals surface area contributed by atoms with E-state index >= 15 is 0 Å². The van der Waals surface area contributed by atoms with Crippen LogP contribution < -0.4 is 0 Å². The van der Waals surface area contributed by atoms with E-state index in [2.05, 4.69) is 11.9 Å². The van der Waals surface area contributed by atoms with Gasteiger partial charge in [-0.05, 0) is 0 Å². The molecule has 3 heteroatoms. The van der Waals surface area contributed by atoms with Crippen LogP contribution in [0.3, 0.4) is 0 Å². The molecule has 1 nitrogen and oxygen atoms in total. The van der Waals surface area contributed by atoms with Gasteiger partial charge < -0.3 is 0 Å². The van der Waals surface area contributed by atoms with Crippen molar-refractivity contribution in [3.05, 3.63) is 12.2 Å². The second-order valence-electron chi connectivity index (χ2n) is 1.10. The van der Waals surface area contributed by atoms with Gasteiger partial charge in [0, 0.05) is 0 Å². The molecule has 0 unspecified atom stereocenters. The molecule has 36 valence electrons. The summed E-state index contributed by atoms with van der Waals surface area (Å²) in [5.74, 6) is 0. The van der Waals surface area contributed by atoms with E-state index in [9.17, 15) is 4.79 Å². The molecule has 0 aliphatic carbocycles. The van der Waals surface area contributed by atoms with Crippen LogP contribution in [0.2, 0.25) is 0 Å². The molecule has 0 aromatic rings. The van der Waals surface area contributed by atoms with E-state index in [-0.39, 0.29) is 0 Å². The van der Waals surface area contributed by atoms with Gasteiger partial charge in [0.05, 0.1) is 0 Å². The summed E-state index contributed by atoms with van der Waals surface area (Å²) in [6, 6.07) is 0. The SMILES string of the molecule is C/C=C/[C](=O)[Hg][Br]. The molecule has 0 atom stereocenters. The van der Waals surface area contributed by atoms with Crippen molar-refractivity contribution in [3.8, 4) is 0 Å². The maximum absolute atomic E-state index is 10.4. The number of rotatable bonds is 2. The zero-order valence-electron chi connectivity index (χ0n) is 4.15. The summed E-state index contributed by atoms with van der Waals surface area (Å²) in [6.07, 6.45) is 3.42. The summed E-state index contributed by atoms with van der Waals surface area (Å²) in [7, 11) is 0. The summed E-state index contributed by atoms with van der Waals surface area (Å²) in [6.45, 7) is 1.86. The van der Waals surface area contributed by atoms with Gasteiger partial charge in [-0.2, -0.15) is 0 Å². The first-order chi connectivity index (χ1) is 3.31. The Hall–Kier alpha value is 0.825. The van der Waals surface area contributed by atoms with Crippen molar-refractivity contribution in [1.82, 2.24) is 0 Å². The van der Waals surface area contributed by atoms with Gasteiger partial charge in [-0.25, -0.2) is 0 Å². The molecular weight excluding hydrogens is 345 g/mol. The molecular formula is C4H5BrHgO. The predicted molar refractivity (Wildman–Crippen MR) is 28.7 cm³/mol. The van der Waals surface area contributed by atoms with E-state index in [1.54, 1.807) is 12.2 Å². The molecule has 0 saturated heterocycles. The minimum atomic E-state index is -1.19. The van der Waals surface area contributed by atoms with E-state index in [1.165, 1.54) is 0 Å². The summed E-state index contributed by atoms with van der Waals surface area (Å²) in [4.78, 5) is 10.4. The third-order valence-electron chi connectivity index (χ3n) is 0.484. The fraction of sp³-hybridized carbons (Fsp3) is 0.250. The fourth-order valence-electron chi connectivity index (χ4n) is 0.230. The molecule has 0 N–H and O–H groups in total. The predicted octanol–water partition coefficient (Wildman–Crippen LogP) is 1.48. The first-order valence-electron chi connectivity index (χ1n) is 2.02. The molecule has 0 heterocycles. The summed E-state index contributed by atoms with van der Waals surface area (Å²) < 4.78 is 0.336. The van der Waals surface area contributed by atoms with Gasteiger partial charge in [-0.15, -0.1) is 0 Å². The normalized spacial score (nSPS) is 8.86. The average molecular weight is 350 g/mol. The van der Waals surface area contributed by atoms with Gasteiger partial charge in [0.15, 0.2) is 0 Å². The van der Waals surface area contributed by atoms with Crippen molar-refractivity contribution in [2.24, 2.45) is 0 Å². The molecule has 7 heavy (non-hydrogen) atoms. The van der Waals surface area contributed by atoms with Crippen LogP contribution in [0, 0.1) is 0 Å².